The van der Waals surface area contributed by atoms with Crippen molar-refractivity contribution in [2.45, 2.75) is 257 Å². The van der Waals surface area contributed by atoms with Crippen molar-refractivity contribution >= 4 is 0 Å². The van der Waals surface area contributed by atoms with Crippen LogP contribution in [-0.4, -0.2) is 46.7 Å². The van der Waals surface area contributed by atoms with E-state index in [4.69, 9.17) is 0 Å². The number of aliphatic hydroxyl groups excluding tert-OH is 3. The van der Waals surface area contributed by atoms with Crippen molar-refractivity contribution in [3.05, 3.63) is 12.2 Å². The fourth-order valence-electron chi connectivity index (χ4n) is 6.97. The zero-order valence-corrected chi connectivity index (χ0v) is 32.9. The van der Waals surface area contributed by atoms with Crippen LogP contribution in [0.5, 0.6) is 0 Å². The van der Waals surface area contributed by atoms with Crippen LogP contribution in [-0.2, 0) is 0 Å². The quantitative estimate of drug-likeness (QED) is 0.0383. The Hall–Kier alpha value is -0.420. The highest BCUT2D eigenvalue weighted by molar-refractivity contribution is 4.95. The van der Waals surface area contributed by atoms with Crippen LogP contribution in [0.2, 0.25) is 0 Å². The third-order valence-electron chi connectivity index (χ3n) is 10.4. The van der Waals surface area contributed by atoms with E-state index in [1.54, 1.807) is 0 Å². The van der Waals surface area contributed by atoms with Crippen molar-refractivity contribution in [1.82, 2.24) is 5.32 Å². The van der Waals surface area contributed by atoms with Crippen molar-refractivity contribution in [1.29, 1.82) is 0 Å². The summed E-state index contributed by atoms with van der Waals surface area (Å²) in [6.07, 6.45) is 49.8. The molecule has 3 atom stereocenters. The lowest BCUT2D eigenvalue weighted by Crippen LogP contribution is -2.45. The molecule has 0 fully saturated rings. The van der Waals surface area contributed by atoms with Gasteiger partial charge in [0.25, 0.3) is 0 Å². The summed E-state index contributed by atoms with van der Waals surface area (Å²) < 4.78 is 0. The first kappa shape index (κ1) is 47.6. The van der Waals surface area contributed by atoms with E-state index in [0.29, 0.717) is 6.54 Å². The third-order valence-corrected chi connectivity index (χ3v) is 10.4. The molecule has 0 aromatic rings. The Labute approximate surface area is 302 Å². The number of nitrogens with one attached hydrogen (secondary N) is 1. The molecular weight excluding hydrogens is 590 g/mol. The Bertz CT molecular complexity index is 612. The summed E-state index contributed by atoms with van der Waals surface area (Å²) in [5.41, 5.74) is 0. The number of allylic oxidation sites excluding steroid dienone is 1. The molecule has 0 aromatic heterocycles. The van der Waals surface area contributed by atoms with Crippen LogP contribution in [0.4, 0.5) is 0 Å². The third kappa shape index (κ3) is 36.9. The van der Waals surface area contributed by atoms with E-state index in [1.165, 1.54) is 199 Å². The van der Waals surface area contributed by atoms with Crippen molar-refractivity contribution in [2.75, 3.05) is 13.2 Å². The largest absolute Gasteiger partial charge is 0.395 e. The Morgan fingerprint density at radius 2 is 0.750 bits per heavy atom. The van der Waals surface area contributed by atoms with E-state index in [0.717, 1.165) is 25.7 Å². The topological polar surface area (TPSA) is 72.7 Å². The molecule has 0 saturated carbocycles. The second kappa shape index (κ2) is 41.0. The Balaban J connectivity index is 3.48. The molecule has 0 aliphatic carbocycles. The van der Waals surface area contributed by atoms with Crippen LogP contribution in [0.1, 0.15) is 239 Å². The van der Waals surface area contributed by atoms with Gasteiger partial charge in [-0.1, -0.05) is 231 Å². The van der Waals surface area contributed by atoms with Gasteiger partial charge in [0.1, 0.15) is 0 Å². The van der Waals surface area contributed by atoms with Crippen LogP contribution in [0.15, 0.2) is 12.2 Å². The van der Waals surface area contributed by atoms with E-state index < -0.39 is 18.2 Å². The van der Waals surface area contributed by atoms with Gasteiger partial charge in [-0.05, 0) is 19.3 Å². The summed E-state index contributed by atoms with van der Waals surface area (Å²) in [5, 5.41) is 33.8. The summed E-state index contributed by atoms with van der Waals surface area (Å²) in [7, 11) is 0. The monoisotopic (exact) mass is 680 g/mol. The standard InChI is InChI=1S/C44H89NO3/c1-3-5-7-9-11-13-15-17-18-19-20-21-22-23-24-25-27-28-30-32-34-36-38-42(47)40-45-43(41-46)44(48)39-37-35-33-31-29-26-16-14-12-10-8-6-4-2/h37,39,42-48H,3-36,38,40-41H2,1-2H3/b39-37+/t42?,43-,44+/m0/s1. The zero-order chi connectivity index (χ0) is 35.0. The van der Waals surface area contributed by atoms with Gasteiger partial charge in [0.15, 0.2) is 0 Å². The van der Waals surface area contributed by atoms with Crippen molar-refractivity contribution < 1.29 is 15.3 Å². The van der Waals surface area contributed by atoms with Gasteiger partial charge in [-0.2, -0.15) is 0 Å². The van der Waals surface area contributed by atoms with Crippen LogP contribution < -0.4 is 5.32 Å². The van der Waals surface area contributed by atoms with Gasteiger partial charge in [0.05, 0.1) is 24.9 Å². The molecule has 48 heavy (non-hydrogen) atoms. The zero-order valence-electron chi connectivity index (χ0n) is 32.9. The summed E-state index contributed by atoms with van der Waals surface area (Å²) >= 11 is 0. The lowest BCUT2D eigenvalue weighted by atomic mass is 10.0. The fourth-order valence-corrected chi connectivity index (χ4v) is 6.97. The summed E-state index contributed by atoms with van der Waals surface area (Å²) in [4.78, 5) is 0. The molecule has 0 bridgehead atoms. The van der Waals surface area contributed by atoms with E-state index in [9.17, 15) is 15.3 Å². The Morgan fingerprint density at radius 3 is 1.08 bits per heavy atom. The molecule has 0 aliphatic heterocycles. The molecular formula is C44H89NO3. The first-order valence-electron chi connectivity index (χ1n) is 22.0. The van der Waals surface area contributed by atoms with Crippen molar-refractivity contribution in [2.24, 2.45) is 0 Å². The molecule has 4 N–H and O–H groups in total. The molecule has 4 heteroatoms. The number of rotatable bonds is 41. The lowest BCUT2D eigenvalue weighted by Gasteiger charge is -2.22. The molecule has 4 nitrogen and oxygen atoms in total. The number of hydrogen-bond acceptors (Lipinski definition) is 4. The smallest absolute Gasteiger partial charge is 0.0896 e. The molecule has 0 heterocycles. The molecule has 0 aliphatic rings. The molecule has 0 radical (unpaired) electrons. The van der Waals surface area contributed by atoms with E-state index in [2.05, 4.69) is 25.2 Å². The van der Waals surface area contributed by atoms with Crippen LogP contribution in [0.25, 0.3) is 0 Å². The van der Waals surface area contributed by atoms with Gasteiger partial charge in [-0.15, -0.1) is 0 Å². The second-order valence-electron chi connectivity index (χ2n) is 15.3. The predicted molar refractivity (Wildman–Crippen MR) is 213 cm³/mol. The first-order chi connectivity index (χ1) is 23.7. The van der Waals surface area contributed by atoms with Gasteiger partial charge >= 0.3 is 0 Å². The maximum atomic E-state index is 10.5. The van der Waals surface area contributed by atoms with Crippen molar-refractivity contribution in [3.8, 4) is 0 Å². The molecule has 0 saturated heterocycles. The summed E-state index contributed by atoms with van der Waals surface area (Å²) in [6, 6.07) is -0.419. The van der Waals surface area contributed by atoms with Crippen LogP contribution in [0.3, 0.4) is 0 Å². The molecule has 0 amide bonds. The average Bonchev–Trinajstić information content (AvgIpc) is 3.09. The van der Waals surface area contributed by atoms with Gasteiger partial charge in [-0.25, -0.2) is 0 Å². The van der Waals surface area contributed by atoms with Gasteiger partial charge < -0.3 is 20.6 Å². The Kier molecular flexibility index (Phi) is 40.6. The predicted octanol–water partition coefficient (Wildman–Crippen LogP) is 12.9. The minimum Gasteiger partial charge on any atom is -0.395 e. The molecule has 288 valence electrons. The fraction of sp³-hybridized carbons (Fsp3) is 0.955. The maximum absolute atomic E-state index is 10.5. The molecule has 0 spiro atoms. The molecule has 0 aromatic carbocycles. The summed E-state index contributed by atoms with van der Waals surface area (Å²) in [5.74, 6) is 0. The SMILES string of the molecule is CCCCCCCCCCCCC/C=C/[C@@H](O)[C@H](CO)NCC(O)CCCCCCCCCCCCCCCCCCCCCCCC. The summed E-state index contributed by atoms with van der Waals surface area (Å²) in [6.45, 7) is 4.86. The number of aliphatic hydroxyl groups is 3. The normalized spacial score (nSPS) is 13.9. The second-order valence-corrected chi connectivity index (χ2v) is 15.3. The lowest BCUT2D eigenvalue weighted by molar-refractivity contribution is 0.101. The number of unbranched alkanes of at least 4 members (excludes halogenated alkanes) is 32. The van der Waals surface area contributed by atoms with Gasteiger partial charge in [-0.3, -0.25) is 0 Å². The van der Waals surface area contributed by atoms with Crippen molar-refractivity contribution in [3.63, 3.8) is 0 Å². The highest BCUT2D eigenvalue weighted by Gasteiger charge is 2.16. The molecule has 0 rings (SSSR count). The Morgan fingerprint density at radius 1 is 0.438 bits per heavy atom. The van der Waals surface area contributed by atoms with Crippen LogP contribution >= 0.6 is 0 Å². The van der Waals surface area contributed by atoms with E-state index >= 15 is 0 Å². The first-order valence-corrected chi connectivity index (χ1v) is 22.0. The highest BCUT2D eigenvalue weighted by atomic mass is 16.3. The number of hydrogen-bond donors (Lipinski definition) is 4. The van der Waals surface area contributed by atoms with E-state index in [-0.39, 0.29) is 6.61 Å². The van der Waals surface area contributed by atoms with Crippen LogP contribution in [0, 0.1) is 0 Å². The average molecular weight is 680 g/mol. The molecule has 1 unspecified atom stereocenters. The minimum atomic E-state index is -0.718. The van der Waals surface area contributed by atoms with Gasteiger partial charge in [0.2, 0.25) is 0 Å². The van der Waals surface area contributed by atoms with Gasteiger partial charge in [0, 0.05) is 6.54 Å². The minimum absolute atomic E-state index is 0.129. The maximum Gasteiger partial charge on any atom is 0.0896 e. The highest BCUT2D eigenvalue weighted by Crippen LogP contribution is 2.16. The van der Waals surface area contributed by atoms with E-state index in [1.807, 2.05) is 6.08 Å².